The molecule has 0 heterocycles. The quantitative estimate of drug-likeness (QED) is 0.622. The standard InChI is InChI=1S/C20H19N/c21-20-10-9-18-12-17(7-8-19(18)13-20)16-6-5-14-3-1-2-4-15(14)11-16/h5-13H,1-4,21H2. The maximum Gasteiger partial charge on any atom is 0.0320 e. The minimum Gasteiger partial charge on any atom is -0.399 e. The molecule has 3 aromatic carbocycles. The largest absolute Gasteiger partial charge is 0.399 e. The Bertz CT molecular complexity index is 817. The van der Waals surface area contributed by atoms with E-state index in [-0.39, 0.29) is 0 Å². The third kappa shape index (κ3) is 2.29. The SMILES string of the molecule is Nc1ccc2cc(-c3ccc4c(c3)CCCC4)ccc2c1. The van der Waals surface area contributed by atoms with Gasteiger partial charge in [0.15, 0.2) is 0 Å². The van der Waals surface area contributed by atoms with E-state index in [2.05, 4.69) is 42.5 Å². The van der Waals surface area contributed by atoms with Crippen LogP contribution < -0.4 is 5.73 Å². The minimum atomic E-state index is 0.823. The molecule has 3 aromatic rings. The molecule has 1 aliphatic carbocycles. The number of nitrogens with two attached hydrogens (primary N) is 1. The van der Waals surface area contributed by atoms with Gasteiger partial charge in [0.2, 0.25) is 0 Å². The molecule has 4 rings (SSSR count). The molecule has 0 amide bonds. The zero-order valence-corrected chi connectivity index (χ0v) is 12.1. The monoisotopic (exact) mass is 273 g/mol. The summed E-state index contributed by atoms with van der Waals surface area (Å²) in [6.07, 6.45) is 5.14. The van der Waals surface area contributed by atoms with Crippen LogP contribution in [0.5, 0.6) is 0 Å². The van der Waals surface area contributed by atoms with Crippen molar-refractivity contribution < 1.29 is 0 Å². The van der Waals surface area contributed by atoms with E-state index >= 15 is 0 Å². The fourth-order valence-corrected chi connectivity index (χ4v) is 3.36. The molecule has 0 fully saturated rings. The van der Waals surface area contributed by atoms with E-state index in [9.17, 15) is 0 Å². The number of fused-ring (bicyclic) bond motifs is 2. The second-order valence-corrected chi connectivity index (χ2v) is 6.01. The van der Waals surface area contributed by atoms with Gasteiger partial charge in [0.25, 0.3) is 0 Å². The van der Waals surface area contributed by atoms with Crippen molar-refractivity contribution in [2.75, 3.05) is 5.73 Å². The summed E-state index contributed by atoms with van der Waals surface area (Å²) in [4.78, 5) is 0. The molecule has 0 spiro atoms. The molecule has 104 valence electrons. The van der Waals surface area contributed by atoms with E-state index in [1.54, 1.807) is 5.56 Å². The van der Waals surface area contributed by atoms with Gasteiger partial charge in [0.05, 0.1) is 0 Å². The van der Waals surface area contributed by atoms with Crippen molar-refractivity contribution in [2.24, 2.45) is 0 Å². The normalized spacial score (nSPS) is 14.1. The van der Waals surface area contributed by atoms with Crippen molar-refractivity contribution in [1.82, 2.24) is 0 Å². The van der Waals surface area contributed by atoms with Crippen LogP contribution in [0.2, 0.25) is 0 Å². The highest BCUT2D eigenvalue weighted by Gasteiger charge is 2.10. The van der Waals surface area contributed by atoms with E-state index in [4.69, 9.17) is 5.73 Å². The molecular weight excluding hydrogens is 254 g/mol. The van der Waals surface area contributed by atoms with E-state index < -0.39 is 0 Å². The highest BCUT2D eigenvalue weighted by atomic mass is 14.5. The van der Waals surface area contributed by atoms with Crippen molar-refractivity contribution in [3.8, 4) is 11.1 Å². The van der Waals surface area contributed by atoms with Gasteiger partial charge in [0.1, 0.15) is 0 Å². The lowest BCUT2D eigenvalue weighted by Gasteiger charge is -2.16. The Hall–Kier alpha value is -2.28. The molecule has 1 aliphatic rings. The van der Waals surface area contributed by atoms with Crippen LogP contribution in [0, 0.1) is 0 Å². The van der Waals surface area contributed by atoms with Crippen LogP contribution in [-0.2, 0) is 12.8 Å². The average Bonchev–Trinajstić information content (AvgIpc) is 2.54. The molecule has 0 aromatic heterocycles. The molecule has 2 N–H and O–H groups in total. The molecule has 0 bridgehead atoms. The van der Waals surface area contributed by atoms with E-state index in [0.717, 1.165) is 5.69 Å². The number of nitrogen functional groups attached to an aromatic ring is 1. The topological polar surface area (TPSA) is 26.0 Å². The number of aryl methyl sites for hydroxylation is 2. The van der Waals surface area contributed by atoms with Crippen molar-refractivity contribution in [1.29, 1.82) is 0 Å². The van der Waals surface area contributed by atoms with Crippen molar-refractivity contribution >= 4 is 16.5 Å². The van der Waals surface area contributed by atoms with Gasteiger partial charge >= 0.3 is 0 Å². The molecule has 0 aliphatic heterocycles. The molecular formula is C20H19N. The highest BCUT2D eigenvalue weighted by Crippen LogP contribution is 2.29. The zero-order valence-electron chi connectivity index (χ0n) is 12.1. The molecule has 0 atom stereocenters. The van der Waals surface area contributed by atoms with Crippen LogP contribution in [0.3, 0.4) is 0 Å². The van der Waals surface area contributed by atoms with Crippen LogP contribution in [0.25, 0.3) is 21.9 Å². The van der Waals surface area contributed by atoms with E-state index in [1.165, 1.54) is 53.1 Å². The summed E-state index contributed by atoms with van der Waals surface area (Å²) in [5.74, 6) is 0. The summed E-state index contributed by atoms with van der Waals surface area (Å²) < 4.78 is 0. The summed E-state index contributed by atoms with van der Waals surface area (Å²) in [7, 11) is 0. The number of benzene rings is 3. The molecule has 0 radical (unpaired) electrons. The predicted molar refractivity (Wildman–Crippen MR) is 90.4 cm³/mol. The molecule has 0 saturated heterocycles. The Morgan fingerprint density at radius 2 is 1.29 bits per heavy atom. The van der Waals surface area contributed by atoms with E-state index in [0.29, 0.717) is 0 Å². The van der Waals surface area contributed by atoms with Gasteiger partial charge in [-0.25, -0.2) is 0 Å². The van der Waals surface area contributed by atoms with Crippen molar-refractivity contribution in [2.45, 2.75) is 25.7 Å². The Labute approximate surface area is 125 Å². The van der Waals surface area contributed by atoms with Gasteiger partial charge < -0.3 is 5.73 Å². The van der Waals surface area contributed by atoms with Crippen molar-refractivity contribution in [3.63, 3.8) is 0 Å². The lowest BCUT2D eigenvalue weighted by Crippen LogP contribution is -2.02. The summed E-state index contributed by atoms with van der Waals surface area (Å²) in [5.41, 5.74) is 12.4. The fourth-order valence-electron chi connectivity index (χ4n) is 3.36. The molecule has 21 heavy (non-hydrogen) atoms. The first-order chi connectivity index (χ1) is 10.3. The summed E-state index contributed by atoms with van der Waals surface area (Å²) >= 11 is 0. The maximum absolute atomic E-state index is 5.85. The zero-order chi connectivity index (χ0) is 14.2. The predicted octanol–water partition coefficient (Wildman–Crippen LogP) is 4.97. The summed E-state index contributed by atoms with van der Waals surface area (Å²) in [6.45, 7) is 0. The number of anilines is 1. The average molecular weight is 273 g/mol. The van der Waals surface area contributed by atoms with Crippen LogP contribution in [0.4, 0.5) is 5.69 Å². The Balaban J connectivity index is 1.80. The lowest BCUT2D eigenvalue weighted by molar-refractivity contribution is 0.686. The van der Waals surface area contributed by atoms with Gasteiger partial charge in [-0.3, -0.25) is 0 Å². The maximum atomic E-state index is 5.85. The molecule has 1 heteroatoms. The van der Waals surface area contributed by atoms with Crippen LogP contribution >= 0.6 is 0 Å². The highest BCUT2D eigenvalue weighted by molar-refractivity contribution is 5.89. The summed E-state index contributed by atoms with van der Waals surface area (Å²) in [5, 5.41) is 2.45. The summed E-state index contributed by atoms with van der Waals surface area (Å²) in [6, 6.07) is 19.7. The Morgan fingerprint density at radius 1 is 0.619 bits per heavy atom. The molecule has 1 nitrogen and oxygen atoms in total. The second-order valence-electron chi connectivity index (χ2n) is 6.01. The third-order valence-corrected chi connectivity index (χ3v) is 4.55. The van der Waals surface area contributed by atoms with Gasteiger partial charge in [-0.15, -0.1) is 0 Å². The number of hydrogen-bond acceptors (Lipinski definition) is 1. The smallest absolute Gasteiger partial charge is 0.0320 e. The fraction of sp³-hybridized carbons (Fsp3) is 0.200. The first-order valence-corrected chi connectivity index (χ1v) is 7.71. The first kappa shape index (κ1) is 12.5. The van der Waals surface area contributed by atoms with E-state index in [1.807, 2.05) is 12.1 Å². The minimum absolute atomic E-state index is 0.823. The lowest BCUT2D eigenvalue weighted by atomic mass is 9.89. The number of rotatable bonds is 1. The van der Waals surface area contributed by atoms with Gasteiger partial charge in [-0.1, -0.05) is 36.4 Å². The van der Waals surface area contributed by atoms with Crippen LogP contribution in [0.15, 0.2) is 54.6 Å². The van der Waals surface area contributed by atoms with Crippen LogP contribution in [0.1, 0.15) is 24.0 Å². The number of hydrogen-bond donors (Lipinski definition) is 1. The molecule has 0 saturated carbocycles. The van der Waals surface area contributed by atoms with Crippen LogP contribution in [-0.4, -0.2) is 0 Å². The third-order valence-electron chi connectivity index (χ3n) is 4.55. The molecule has 0 unspecified atom stereocenters. The van der Waals surface area contributed by atoms with Gasteiger partial charge in [-0.2, -0.15) is 0 Å². The van der Waals surface area contributed by atoms with Gasteiger partial charge in [0, 0.05) is 5.69 Å². The first-order valence-electron chi connectivity index (χ1n) is 7.71. The second kappa shape index (κ2) is 4.92. The van der Waals surface area contributed by atoms with Gasteiger partial charge in [-0.05, 0) is 76.9 Å². The Kier molecular flexibility index (Phi) is 2.92. The Morgan fingerprint density at radius 3 is 2.19 bits per heavy atom. The van der Waals surface area contributed by atoms with Crippen molar-refractivity contribution in [3.05, 3.63) is 65.7 Å².